The number of nitrogens with zero attached hydrogens (tertiary/aromatic N) is 1. The molecule has 6 nitrogen and oxygen atoms in total. The molecule has 1 fully saturated rings. The normalized spacial score (nSPS) is 21.7. The van der Waals surface area contributed by atoms with E-state index in [9.17, 15) is 19.3 Å². The summed E-state index contributed by atoms with van der Waals surface area (Å²) in [6.45, 7) is 2.75. The van der Waals surface area contributed by atoms with Crippen LogP contribution in [0.1, 0.15) is 30.1 Å². The number of halogens is 1. The molecule has 1 saturated heterocycles. The molecule has 0 bridgehead atoms. The Hall–Kier alpha value is -2.02. The molecule has 20 heavy (non-hydrogen) atoms. The fourth-order valence-electron chi connectivity index (χ4n) is 2.14. The molecule has 0 spiro atoms. The van der Waals surface area contributed by atoms with Gasteiger partial charge >= 0.3 is 0 Å². The minimum atomic E-state index is -0.786. The van der Waals surface area contributed by atoms with Crippen LogP contribution in [0.15, 0.2) is 18.2 Å². The summed E-state index contributed by atoms with van der Waals surface area (Å²) in [4.78, 5) is 21.9. The van der Waals surface area contributed by atoms with E-state index in [-0.39, 0.29) is 17.8 Å². The lowest BCUT2D eigenvalue weighted by atomic mass is 10.0. The SMILES string of the molecule is CC1(CNC(=O)c2cc([N+](=O)[O-])ccc2F)CCCO1. The molecule has 1 aliphatic heterocycles. The third kappa shape index (κ3) is 3.11. The molecule has 7 heteroatoms. The van der Waals surface area contributed by atoms with Gasteiger partial charge in [0.15, 0.2) is 0 Å². The second-order valence-electron chi connectivity index (χ2n) is 5.01. The molecular weight excluding hydrogens is 267 g/mol. The molecule has 1 unspecified atom stereocenters. The van der Waals surface area contributed by atoms with Gasteiger partial charge in [-0.05, 0) is 25.8 Å². The number of carbonyl (C=O) groups is 1. The van der Waals surface area contributed by atoms with Crippen molar-refractivity contribution in [3.63, 3.8) is 0 Å². The molecule has 1 amide bonds. The lowest BCUT2D eigenvalue weighted by molar-refractivity contribution is -0.384. The Morgan fingerprint density at radius 1 is 1.60 bits per heavy atom. The van der Waals surface area contributed by atoms with Crippen LogP contribution in [0.25, 0.3) is 0 Å². The second kappa shape index (κ2) is 5.54. The van der Waals surface area contributed by atoms with Crippen LogP contribution in [0.2, 0.25) is 0 Å². The number of nitrogens with one attached hydrogen (secondary N) is 1. The summed E-state index contributed by atoms with van der Waals surface area (Å²) in [6, 6.07) is 2.87. The van der Waals surface area contributed by atoms with Gasteiger partial charge in [-0.25, -0.2) is 4.39 Å². The average molecular weight is 282 g/mol. The molecule has 108 valence electrons. The Kier molecular flexibility index (Phi) is 3.99. The van der Waals surface area contributed by atoms with Crippen molar-refractivity contribution in [2.24, 2.45) is 0 Å². The minimum absolute atomic E-state index is 0.244. The van der Waals surface area contributed by atoms with Gasteiger partial charge in [0.1, 0.15) is 5.82 Å². The van der Waals surface area contributed by atoms with E-state index in [1.807, 2.05) is 6.92 Å². The average Bonchev–Trinajstić information content (AvgIpc) is 2.84. The highest BCUT2D eigenvalue weighted by atomic mass is 19.1. The Morgan fingerprint density at radius 3 is 2.95 bits per heavy atom. The molecule has 1 aromatic carbocycles. The molecule has 1 N–H and O–H groups in total. The summed E-state index contributed by atoms with van der Waals surface area (Å²) in [6.07, 6.45) is 1.72. The van der Waals surface area contributed by atoms with Gasteiger partial charge < -0.3 is 10.1 Å². The van der Waals surface area contributed by atoms with Crippen LogP contribution < -0.4 is 5.32 Å². The fraction of sp³-hybridized carbons (Fsp3) is 0.462. The quantitative estimate of drug-likeness (QED) is 0.676. The molecule has 0 aromatic heterocycles. The molecule has 2 rings (SSSR count). The summed E-state index contributed by atoms with van der Waals surface area (Å²) in [5, 5.41) is 13.2. The van der Waals surface area contributed by atoms with Crippen molar-refractivity contribution < 1.29 is 18.8 Å². The molecule has 0 radical (unpaired) electrons. The first-order valence-electron chi connectivity index (χ1n) is 6.27. The molecule has 1 aliphatic rings. The highest BCUT2D eigenvalue weighted by molar-refractivity contribution is 5.95. The molecular formula is C13H15FN2O4. The van der Waals surface area contributed by atoms with Gasteiger partial charge in [0, 0.05) is 25.3 Å². The zero-order valence-corrected chi connectivity index (χ0v) is 11.0. The maximum absolute atomic E-state index is 13.6. The fourth-order valence-corrected chi connectivity index (χ4v) is 2.14. The zero-order chi connectivity index (χ0) is 14.8. The van der Waals surface area contributed by atoms with E-state index in [2.05, 4.69) is 5.32 Å². The van der Waals surface area contributed by atoms with Crippen LogP contribution in [0.4, 0.5) is 10.1 Å². The first kappa shape index (κ1) is 14.4. The molecule has 0 aliphatic carbocycles. The predicted octanol–water partition coefficient (Wildman–Crippen LogP) is 2.03. The number of nitro benzene ring substituents is 1. The monoisotopic (exact) mass is 282 g/mol. The Morgan fingerprint density at radius 2 is 2.35 bits per heavy atom. The number of nitro groups is 1. The highest BCUT2D eigenvalue weighted by Crippen LogP contribution is 2.24. The van der Waals surface area contributed by atoms with E-state index in [4.69, 9.17) is 4.74 Å². The number of hydrogen-bond donors (Lipinski definition) is 1. The zero-order valence-electron chi connectivity index (χ0n) is 11.0. The number of ether oxygens (including phenoxy) is 1. The van der Waals surface area contributed by atoms with Gasteiger partial charge in [-0.3, -0.25) is 14.9 Å². The highest BCUT2D eigenvalue weighted by Gasteiger charge is 2.30. The van der Waals surface area contributed by atoms with Crippen molar-refractivity contribution in [3.8, 4) is 0 Å². The number of amides is 1. The molecule has 1 aromatic rings. The van der Waals surface area contributed by atoms with Gasteiger partial charge in [-0.1, -0.05) is 0 Å². The van der Waals surface area contributed by atoms with E-state index in [0.717, 1.165) is 31.0 Å². The molecule has 0 saturated carbocycles. The van der Waals surface area contributed by atoms with Crippen LogP contribution in [-0.4, -0.2) is 29.6 Å². The first-order chi connectivity index (χ1) is 9.41. The standard InChI is InChI=1S/C13H15FN2O4/c1-13(5-2-6-20-13)8-15-12(17)10-7-9(16(18)19)3-4-11(10)14/h3-4,7H,2,5-6,8H2,1H3,(H,15,17). The number of non-ortho nitro benzene ring substituents is 1. The van der Waals surface area contributed by atoms with Crippen molar-refractivity contribution in [2.75, 3.05) is 13.2 Å². The Labute approximate surface area is 115 Å². The van der Waals surface area contributed by atoms with Gasteiger partial charge in [-0.2, -0.15) is 0 Å². The van der Waals surface area contributed by atoms with E-state index in [0.29, 0.717) is 6.61 Å². The largest absolute Gasteiger partial charge is 0.373 e. The number of carbonyl (C=O) groups excluding carboxylic acids is 1. The number of rotatable bonds is 4. The molecule has 1 atom stereocenters. The minimum Gasteiger partial charge on any atom is -0.373 e. The number of hydrogen-bond acceptors (Lipinski definition) is 4. The lowest BCUT2D eigenvalue weighted by Gasteiger charge is -2.23. The van der Waals surface area contributed by atoms with Crippen molar-refractivity contribution in [3.05, 3.63) is 39.7 Å². The second-order valence-corrected chi connectivity index (χ2v) is 5.01. The topological polar surface area (TPSA) is 81.5 Å². The third-order valence-electron chi connectivity index (χ3n) is 3.33. The lowest BCUT2D eigenvalue weighted by Crippen LogP contribution is -2.40. The number of benzene rings is 1. The van der Waals surface area contributed by atoms with Crippen molar-refractivity contribution in [2.45, 2.75) is 25.4 Å². The first-order valence-corrected chi connectivity index (χ1v) is 6.27. The third-order valence-corrected chi connectivity index (χ3v) is 3.33. The Balaban J connectivity index is 2.08. The van der Waals surface area contributed by atoms with Gasteiger partial charge in [-0.15, -0.1) is 0 Å². The van der Waals surface area contributed by atoms with Crippen molar-refractivity contribution in [1.82, 2.24) is 5.32 Å². The Bertz CT molecular complexity index is 541. The summed E-state index contributed by atoms with van der Waals surface area (Å²) in [5.41, 5.74) is -1.10. The van der Waals surface area contributed by atoms with Crippen LogP contribution in [-0.2, 0) is 4.74 Å². The smallest absolute Gasteiger partial charge is 0.270 e. The van der Waals surface area contributed by atoms with Crippen LogP contribution >= 0.6 is 0 Å². The summed E-state index contributed by atoms with van der Waals surface area (Å²) in [7, 11) is 0. The van der Waals surface area contributed by atoms with Crippen LogP contribution in [0.5, 0.6) is 0 Å². The summed E-state index contributed by atoms with van der Waals surface area (Å²) < 4.78 is 19.1. The van der Waals surface area contributed by atoms with E-state index < -0.39 is 22.2 Å². The predicted molar refractivity (Wildman–Crippen MR) is 69.0 cm³/mol. The van der Waals surface area contributed by atoms with Gasteiger partial charge in [0.05, 0.1) is 16.1 Å². The summed E-state index contributed by atoms with van der Waals surface area (Å²) in [5.74, 6) is -1.46. The maximum Gasteiger partial charge on any atom is 0.270 e. The van der Waals surface area contributed by atoms with Crippen molar-refractivity contribution in [1.29, 1.82) is 0 Å². The summed E-state index contributed by atoms with van der Waals surface area (Å²) >= 11 is 0. The van der Waals surface area contributed by atoms with Gasteiger partial charge in [0.25, 0.3) is 11.6 Å². The van der Waals surface area contributed by atoms with E-state index in [1.54, 1.807) is 0 Å². The van der Waals surface area contributed by atoms with Gasteiger partial charge in [0.2, 0.25) is 0 Å². The van der Waals surface area contributed by atoms with E-state index >= 15 is 0 Å². The maximum atomic E-state index is 13.6. The van der Waals surface area contributed by atoms with Crippen LogP contribution in [0, 0.1) is 15.9 Å². The van der Waals surface area contributed by atoms with Crippen molar-refractivity contribution >= 4 is 11.6 Å². The van der Waals surface area contributed by atoms with E-state index in [1.165, 1.54) is 0 Å². The molecule has 1 heterocycles. The van der Waals surface area contributed by atoms with Crippen LogP contribution in [0.3, 0.4) is 0 Å².